The van der Waals surface area contributed by atoms with Gasteiger partial charge in [-0.05, 0) is 88.9 Å². The normalized spacial score (nSPS) is 40.9. The molecule has 5 unspecified atom stereocenters. The third kappa shape index (κ3) is 3.22. The fourth-order valence-electron chi connectivity index (χ4n) is 8.77. The van der Waals surface area contributed by atoms with Crippen molar-refractivity contribution in [3.63, 3.8) is 0 Å². The maximum Gasteiger partial charge on any atom is 0.228 e. The van der Waals surface area contributed by atoms with E-state index in [4.69, 9.17) is 0 Å². The molecule has 3 heterocycles. The molecular weight excluding hydrogens is 402 g/mol. The van der Waals surface area contributed by atoms with Crippen LogP contribution in [0.3, 0.4) is 0 Å². The summed E-state index contributed by atoms with van der Waals surface area (Å²) in [5.74, 6) is 1.73. The van der Waals surface area contributed by atoms with Gasteiger partial charge in [0.15, 0.2) is 0 Å². The predicted octanol–water partition coefficient (Wildman–Crippen LogP) is 3.06. The van der Waals surface area contributed by atoms with Crippen LogP contribution in [-0.2, 0) is 14.4 Å². The molecule has 6 heteroatoms. The third-order valence-electron chi connectivity index (χ3n) is 9.99. The topological polar surface area (TPSA) is 60.9 Å². The Balaban J connectivity index is 1.34. The first-order chi connectivity index (χ1) is 15.5. The molecule has 6 nitrogen and oxygen atoms in total. The van der Waals surface area contributed by atoms with E-state index < -0.39 is 5.41 Å². The van der Waals surface area contributed by atoms with E-state index in [9.17, 15) is 14.4 Å². The summed E-state index contributed by atoms with van der Waals surface area (Å²) < 4.78 is 0. The number of fused-ring (bicyclic) bond motifs is 2. The number of likely N-dealkylation sites (tertiary alicyclic amines) is 3. The van der Waals surface area contributed by atoms with Crippen LogP contribution in [0, 0.1) is 28.6 Å². The van der Waals surface area contributed by atoms with Crippen LogP contribution in [0.25, 0.3) is 0 Å². The van der Waals surface area contributed by atoms with Gasteiger partial charge in [0.25, 0.3) is 0 Å². The molecule has 0 aromatic rings. The highest BCUT2D eigenvalue weighted by Gasteiger charge is 2.65. The molecule has 6 rings (SSSR count). The molecule has 6 fully saturated rings. The first-order valence-corrected chi connectivity index (χ1v) is 13.4. The lowest BCUT2D eigenvalue weighted by molar-refractivity contribution is -0.156. The van der Waals surface area contributed by atoms with Gasteiger partial charge in [-0.25, -0.2) is 0 Å². The molecule has 176 valence electrons. The highest BCUT2D eigenvalue weighted by Crippen LogP contribution is 2.66. The predicted molar refractivity (Wildman–Crippen MR) is 120 cm³/mol. The van der Waals surface area contributed by atoms with Gasteiger partial charge in [0, 0.05) is 45.2 Å². The van der Waals surface area contributed by atoms with Crippen molar-refractivity contribution in [1.82, 2.24) is 14.7 Å². The Bertz CT molecular complexity index is 796. The van der Waals surface area contributed by atoms with Gasteiger partial charge in [0.2, 0.25) is 17.7 Å². The van der Waals surface area contributed by atoms with Gasteiger partial charge < -0.3 is 14.7 Å². The number of carbonyl (C=O) groups is 3. The Labute approximate surface area is 192 Å². The van der Waals surface area contributed by atoms with E-state index in [0.717, 1.165) is 103 Å². The van der Waals surface area contributed by atoms with Crippen LogP contribution in [-0.4, -0.2) is 71.7 Å². The second-order valence-electron chi connectivity index (χ2n) is 12.0. The largest absolute Gasteiger partial charge is 0.342 e. The SMILES string of the molecule is O=C(C1CC2CC3(C(=O)N4CCCC4)CC2CC(C(=O)N2CCCC2)(C1)C3)N1CCCC1. The summed E-state index contributed by atoms with van der Waals surface area (Å²) in [6, 6.07) is 0. The standard InChI is InChI=1S/C26H39N3O3/c30-22(27-7-1-2-8-27)20-13-19-14-25(23(31)28-9-3-4-10-28)16-21(19)17-26(15-20,18-25)24(32)29-11-5-6-12-29/h19-21H,1-18H2. The van der Waals surface area contributed by atoms with Gasteiger partial charge in [0.05, 0.1) is 10.8 Å². The lowest BCUT2D eigenvalue weighted by atomic mass is 9.59. The fraction of sp³-hybridized carbons (Fsp3) is 0.885. The van der Waals surface area contributed by atoms with E-state index in [-0.39, 0.29) is 17.2 Å². The summed E-state index contributed by atoms with van der Waals surface area (Å²) in [7, 11) is 0. The molecule has 6 aliphatic rings. The first-order valence-electron chi connectivity index (χ1n) is 13.4. The lowest BCUT2D eigenvalue weighted by Crippen LogP contribution is -2.53. The monoisotopic (exact) mass is 441 g/mol. The van der Waals surface area contributed by atoms with Crippen molar-refractivity contribution in [2.24, 2.45) is 28.6 Å². The number of hydrogen-bond donors (Lipinski definition) is 0. The Kier molecular flexibility index (Phi) is 5.07. The zero-order chi connectivity index (χ0) is 21.9. The molecule has 5 atom stereocenters. The summed E-state index contributed by atoms with van der Waals surface area (Å²) in [5, 5.41) is 0. The number of amides is 3. The van der Waals surface area contributed by atoms with Gasteiger partial charge in [-0.3, -0.25) is 14.4 Å². The van der Waals surface area contributed by atoms with E-state index in [1.165, 1.54) is 0 Å². The molecule has 3 amide bonds. The lowest BCUT2D eigenvalue weighted by Gasteiger charge is -2.47. The highest BCUT2D eigenvalue weighted by atomic mass is 16.2. The molecule has 32 heavy (non-hydrogen) atoms. The Morgan fingerprint density at radius 3 is 1.53 bits per heavy atom. The van der Waals surface area contributed by atoms with Crippen molar-refractivity contribution in [2.75, 3.05) is 39.3 Å². The van der Waals surface area contributed by atoms with Gasteiger partial charge in [0.1, 0.15) is 0 Å². The van der Waals surface area contributed by atoms with Crippen LogP contribution in [0.15, 0.2) is 0 Å². The summed E-state index contributed by atoms with van der Waals surface area (Å²) in [6.07, 6.45) is 11.6. The molecule has 0 aromatic carbocycles. The number of nitrogens with zero attached hydrogens (tertiary/aromatic N) is 3. The van der Waals surface area contributed by atoms with Crippen molar-refractivity contribution >= 4 is 17.7 Å². The second kappa shape index (κ2) is 7.73. The van der Waals surface area contributed by atoms with Crippen molar-refractivity contribution in [2.45, 2.75) is 77.0 Å². The molecular formula is C26H39N3O3. The van der Waals surface area contributed by atoms with Gasteiger partial charge in [-0.2, -0.15) is 0 Å². The van der Waals surface area contributed by atoms with E-state index in [1.54, 1.807) is 0 Å². The zero-order valence-corrected chi connectivity index (χ0v) is 19.5. The van der Waals surface area contributed by atoms with Crippen molar-refractivity contribution in [1.29, 1.82) is 0 Å². The van der Waals surface area contributed by atoms with E-state index in [1.807, 2.05) is 0 Å². The van der Waals surface area contributed by atoms with Crippen LogP contribution in [0.4, 0.5) is 0 Å². The fourth-order valence-corrected chi connectivity index (χ4v) is 8.77. The number of carbonyl (C=O) groups excluding carboxylic acids is 3. The summed E-state index contributed by atoms with van der Waals surface area (Å²) in [5.41, 5.74) is -0.858. The molecule has 0 spiro atoms. The van der Waals surface area contributed by atoms with Crippen LogP contribution in [0.5, 0.6) is 0 Å². The van der Waals surface area contributed by atoms with E-state index in [2.05, 4.69) is 14.7 Å². The second-order valence-corrected chi connectivity index (χ2v) is 12.0. The minimum absolute atomic E-state index is 0.0346. The van der Waals surface area contributed by atoms with Gasteiger partial charge in [-0.15, -0.1) is 0 Å². The van der Waals surface area contributed by atoms with E-state index >= 15 is 0 Å². The first kappa shape index (κ1) is 21.0. The molecule has 0 aromatic heterocycles. The third-order valence-corrected chi connectivity index (χ3v) is 9.99. The smallest absolute Gasteiger partial charge is 0.228 e. The van der Waals surface area contributed by atoms with Gasteiger partial charge in [-0.1, -0.05) is 0 Å². The number of hydrogen-bond acceptors (Lipinski definition) is 3. The molecule has 3 saturated carbocycles. The zero-order valence-electron chi connectivity index (χ0n) is 19.5. The highest BCUT2D eigenvalue weighted by molar-refractivity contribution is 5.89. The van der Waals surface area contributed by atoms with Crippen LogP contribution < -0.4 is 0 Å². The van der Waals surface area contributed by atoms with Gasteiger partial charge >= 0.3 is 0 Å². The summed E-state index contributed by atoms with van der Waals surface area (Å²) in [4.78, 5) is 47.7. The maximum absolute atomic E-state index is 14.1. The van der Waals surface area contributed by atoms with E-state index in [0.29, 0.717) is 36.5 Å². The molecule has 3 saturated heterocycles. The Hall–Kier alpha value is -1.59. The van der Waals surface area contributed by atoms with Crippen molar-refractivity contribution in [3.8, 4) is 0 Å². The van der Waals surface area contributed by atoms with Crippen molar-refractivity contribution < 1.29 is 14.4 Å². The molecule has 0 N–H and O–H groups in total. The Morgan fingerprint density at radius 2 is 1.00 bits per heavy atom. The maximum atomic E-state index is 14.1. The number of rotatable bonds is 3. The summed E-state index contributed by atoms with van der Waals surface area (Å²) in [6.45, 7) is 5.25. The average molecular weight is 442 g/mol. The average Bonchev–Trinajstić information content (AvgIpc) is 3.59. The summed E-state index contributed by atoms with van der Waals surface area (Å²) >= 11 is 0. The molecule has 3 bridgehead atoms. The quantitative estimate of drug-likeness (QED) is 0.676. The molecule has 3 aliphatic heterocycles. The van der Waals surface area contributed by atoms with Crippen molar-refractivity contribution in [3.05, 3.63) is 0 Å². The van der Waals surface area contributed by atoms with Crippen LogP contribution >= 0.6 is 0 Å². The van der Waals surface area contributed by atoms with Crippen LogP contribution in [0.1, 0.15) is 77.0 Å². The molecule has 3 aliphatic carbocycles. The Morgan fingerprint density at radius 1 is 0.562 bits per heavy atom. The minimum Gasteiger partial charge on any atom is -0.342 e. The minimum atomic E-state index is -0.506. The van der Waals surface area contributed by atoms with Crippen LogP contribution in [0.2, 0.25) is 0 Å². The molecule has 0 radical (unpaired) electrons.